The van der Waals surface area contributed by atoms with Crippen molar-refractivity contribution in [3.8, 4) is 23.0 Å². The van der Waals surface area contributed by atoms with E-state index in [-0.39, 0.29) is 47.4 Å². The van der Waals surface area contributed by atoms with Gasteiger partial charge in [-0.3, -0.25) is 14.5 Å². The lowest BCUT2D eigenvalue weighted by Crippen LogP contribution is -2.62. The van der Waals surface area contributed by atoms with Gasteiger partial charge in [0.15, 0.2) is 11.5 Å². The molecule has 4 heterocycles. The molecule has 0 radical (unpaired) electrons. The molecule has 2 amide bonds. The van der Waals surface area contributed by atoms with Crippen LogP contribution in [0.4, 0.5) is 0 Å². The Morgan fingerprint density at radius 2 is 1.60 bits per heavy atom. The fraction of sp³-hybridized carbons (Fsp3) is 0.395. The molecule has 0 saturated carbocycles. The Morgan fingerprint density at radius 3 is 2.23 bits per heavy atom. The van der Waals surface area contributed by atoms with E-state index < -0.39 is 5.97 Å². The van der Waals surface area contributed by atoms with Gasteiger partial charge < -0.3 is 33.0 Å². The van der Waals surface area contributed by atoms with Gasteiger partial charge in [0.25, 0.3) is 5.91 Å². The summed E-state index contributed by atoms with van der Waals surface area (Å²) < 4.78 is 29.0. The first-order chi connectivity index (χ1) is 25.1. The molecule has 3 aromatic carbocycles. The lowest BCUT2D eigenvalue weighted by atomic mass is 9.97. The van der Waals surface area contributed by atoms with Gasteiger partial charge in [-0.2, -0.15) is 0 Å². The van der Waals surface area contributed by atoms with E-state index in [2.05, 4.69) is 0 Å². The van der Waals surface area contributed by atoms with E-state index in [9.17, 15) is 14.4 Å². The Labute approximate surface area is 313 Å². The molecule has 14 heteroatoms. The van der Waals surface area contributed by atoms with Crippen LogP contribution in [0.2, 0.25) is 5.02 Å². The first-order valence-corrected chi connectivity index (χ1v) is 18.8. The number of carbonyl (C=O) groups excluding carboxylic acids is 3. The van der Waals surface area contributed by atoms with E-state index >= 15 is 0 Å². The second kappa shape index (κ2) is 15.0. The van der Waals surface area contributed by atoms with Gasteiger partial charge in [0, 0.05) is 17.7 Å². The molecule has 3 aromatic rings. The van der Waals surface area contributed by atoms with Gasteiger partial charge in [-0.1, -0.05) is 42.8 Å². The second-order valence-corrected chi connectivity index (χ2v) is 15.2. The lowest BCUT2D eigenvalue weighted by molar-refractivity contribution is -0.916. The van der Waals surface area contributed by atoms with Crippen LogP contribution in [0.5, 0.6) is 23.0 Å². The average molecular weight is 747 g/mol. The standard InChI is InChI=1S/C38H42BClN3O8S/c1-23-35(44)42-33(38(46)51-39)26(22-52-37(23)42)18-43-16-14-27(19-43)41(15-17-43)36(45)30-12-13-31(49-20-24-4-8-28(47-2)9-5-24)34(32(30)40)50-21-25-6-10-29(48-3)11-7-25/h4-13,23,27,37H,14-22,39H2,1-3H3/q+1/t23-,27+,37-,43+/m1/s1. The van der Waals surface area contributed by atoms with Crippen LogP contribution < -0.4 is 18.9 Å². The summed E-state index contributed by atoms with van der Waals surface area (Å²) in [5, 5.41) is 0.172. The summed E-state index contributed by atoms with van der Waals surface area (Å²) in [4.78, 5) is 43.6. The molecule has 0 N–H and O–H groups in total. The van der Waals surface area contributed by atoms with E-state index in [4.69, 9.17) is 35.2 Å². The summed E-state index contributed by atoms with van der Waals surface area (Å²) in [6.45, 7) is 5.90. The maximum Gasteiger partial charge on any atom is 0.337 e. The highest BCUT2D eigenvalue weighted by Gasteiger charge is 2.54. The molecule has 4 aliphatic heterocycles. The average Bonchev–Trinajstić information content (AvgIpc) is 3.50. The van der Waals surface area contributed by atoms with Crippen molar-refractivity contribution in [2.45, 2.75) is 38.0 Å². The highest BCUT2D eigenvalue weighted by atomic mass is 35.5. The van der Waals surface area contributed by atoms with E-state index in [1.165, 1.54) is 8.05 Å². The third-order valence-electron chi connectivity index (χ3n) is 10.7. The summed E-state index contributed by atoms with van der Waals surface area (Å²) in [5.74, 6) is 2.13. The molecule has 4 aliphatic rings. The maximum atomic E-state index is 14.3. The molecular formula is C38H42BClN3O8S+. The van der Waals surface area contributed by atoms with Gasteiger partial charge in [0.2, 0.25) is 5.91 Å². The summed E-state index contributed by atoms with van der Waals surface area (Å²) in [5.41, 5.74) is 3.54. The van der Waals surface area contributed by atoms with E-state index in [0.29, 0.717) is 41.6 Å². The van der Waals surface area contributed by atoms with Gasteiger partial charge in [-0.15, -0.1) is 11.8 Å². The van der Waals surface area contributed by atoms with Crippen molar-refractivity contribution in [2.75, 3.05) is 52.7 Å². The monoisotopic (exact) mass is 746 g/mol. The number of nitrogens with zero attached hydrogens (tertiary/aromatic N) is 3. The molecule has 0 aromatic heterocycles. The van der Waals surface area contributed by atoms with Crippen molar-refractivity contribution < 1.29 is 42.5 Å². The smallest absolute Gasteiger partial charge is 0.337 e. The predicted octanol–water partition coefficient (Wildman–Crippen LogP) is 4.46. The zero-order chi connectivity index (χ0) is 36.6. The van der Waals surface area contributed by atoms with Crippen LogP contribution in [0.15, 0.2) is 71.9 Å². The molecular weight excluding hydrogens is 705 g/mol. The maximum absolute atomic E-state index is 14.3. The van der Waals surface area contributed by atoms with Crippen molar-refractivity contribution in [2.24, 2.45) is 5.92 Å². The largest absolute Gasteiger partial charge is 0.539 e. The first-order valence-electron chi connectivity index (χ1n) is 17.4. The van der Waals surface area contributed by atoms with E-state index in [1.807, 2.05) is 60.4 Å². The third-order valence-corrected chi connectivity index (χ3v) is 12.5. The zero-order valence-corrected chi connectivity index (χ0v) is 31.3. The number of rotatable bonds is 12. The summed E-state index contributed by atoms with van der Waals surface area (Å²) in [7, 11) is 4.60. The number of fused-ring (bicyclic) bond motifs is 3. The third kappa shape index (κ3) is 6.81. The number of hydrogen-bond acceptors (Lipinski definition) is 9. The van der Waals surface area contributed by atoms with Gasteiger partial charge in [0.1, 0.15) is 37.0 Å². The van der Waals surface area contributed by atoms with Crippen molar-refractivity contribution in [1.82, 2.24) is 9.80 Å². The summed E-state index contributed by atoms with van der Waals surface area (Å²) in [6.07, 6.45) is 0.823. The van der Waals surface area contributed by atoms with Crippen LogP contribution in [0.25, 0.3) is 0 Å². The summed E-state index contributed by atoms with van der Waals surface area (Å²) in [6, 6.07) is 18.6. The van der Waals surface area contributed by atoms with Crippen LogP contribution >= 0.6 is 23.4 Å². The second-order valence-electron chi connectivity index (χ2n) is 13.7. The zero-order valence-electron chi connectivity index (χ0n) is 29.8. The van der Waals surface area contributed by atoms with Crippen LogP contribution in [-0.4, -0.2) is 104 Å². The van der Waals surface area contributed by atoms with E-state index in [1.54, 1.807) is 43.0 Å². The molecule has 3 saturated heterocycles. The number of piperazine rings is 1. The number of benzene rings is 3. The molecule has 3 fully saturated rings. The molecule has 11 nitrogen and oxygen atoms in total. The van der Waals surface area contributed by atoms with Gasteiger partial charge in [-0.25, -0.2) is 4.79 Å². The number of ether oxygens (including phenoxy) is 4. The number of thioether (sulfide) groups is 1. The Morgan fingerprint density at radius 1 is 0.942 bits per heavy atom. The molecule has 4 atom stereocenters. The minimum Gasteiger partial charge on any atom is -0.539 e. The van der Waals surface area contributed by atoms with Crippen LogP contribution in [-0.2, 0) is 27.5 Å². The molecule has 2 bridgehead atoms. The fourth-order valence-electron chi connectivity index (χ4n) is 7.72. The van der Waals surface area contributed by atoms with E-state index in [0.717, 1.165) is 58.7 Å². The number of quaternary nitrogens is 1. The normalized spacial score (nSPS) is 23.5. The van der Waals surface area contributed by atoms with Crippen LogP contribution in [0, 0.1) is 5.92 Å². The fourth-order valence-corrected chi connectivity index (χ4v) is 9.38. The molecule has 7 rings (SSSR count). The van der Waals surface area contributed by atoms with Crippen molar-refractivity contribution in [3.63, 3.8) is 0 Å². The Bertz CT molecular complexity index is 1890. The lowest BCUT2D eigenvalue weighted by Gasteiger charge is -2.50. The Hall–Kier alpha value is -4.33. The van der Waals surface area contributed by atoms with Gasteiger partial charge >= 0.3 is 14.0 Å². The molecule has 272 valence electrons. The van der Waals surface area contributed by atoms with Crippen molar-refractivity contribution in [3.05, 3.63) is 93.6 Å². The number of methoxy groups -OCH3 is 2. The SMILES string of the molecule is BOC(=O)C1=C(C[N@@+]23CC[C@@H](C2)N(C(=O)c2ccc(OCc4ccc(OC)cc4)c(OCc4ccc(OC)cc4)c2Cl)CC3)CS[C@@H]2[C@H](C)C(=O)N12. The Kier molecular flexibility index (Phi) is 10.4. The highest BCUT2D eigenvalue weighted by Crippen LogP contribution is 2.45. The number of carbonyl (C=O) groups is 3. The number of amides is 2. The minimum absolute atomic E-state index is 0.00353. The molecule has 0 unspecified atom stereocenters. The Balaban J connectivity index is 1.10. The molecule has 52 heavy (non-hydrogen) atoms. The van der Waals surface area contributed by atoms with Crippen molar-refractivity contribution >= 4 is 49.2 Å². The van der Waals surface area contributed by atoms with Crippen LogP contribution in [0.1, 0.15) is 34.8 Å². The highest BCUT2D eigenvalue weighted by molar-refractivity contribution is 8.00. The molecule has 0 spiro atoms. The number of β-lactam (4-membered cyclic amide) rings is 1. The summed E-state index contributed by atoms with van der Waals surface area (Å²) >= 11 is 8.76. The number of hydrogen-bond donors (Lipinski definition) is 0. The van der Waals surface area contributed by atoms with Crippen molar-refractivity contribution in [1.29, 1.82) is 0 Å². The molecule has 0 aliphatic carbocycles. The minimum atomic E-state index is -0.459. The predicted molar refractivity (Wildman–Crippen MR) is 199 cm³/mol. The quantitative estimate of drug-likeness (QED) is 0.151. The number of halogens is 1. The van der Waals surface area contributed by atoms with Gasteiger partial charge in [-0.05, 0) is 47.5 Å². The van der Waals surface area contributed by atoms with Gasteiger partial charge in [0.05, 0.1) is 68.3 Å². The topological polar surface area (TPSA) is 104 Å². The van der Waals surface area contributed by atoms with Crippen LogP contribution in [0.3, 0.4) is 0 Å². The first kappa shape index (κ1) is 36.1.